The Morgan fingerprint density at radius 1 is 1.22 bits per heavy atom. The molecule has 2 heterocycles. The monoisotopic (exact) mass is 453 g/mol. The van der Waals surface area contributed by atoms with Crippen molar-refractivity contribution in [2.24, 2.45) is 11.3 Å². The molecule has 0 aromatic carbocycles. The van der Waals surface area contributed by atoms with E-state index in [1.807, 2.05) is 0 Å². The first-order valence-corrected chi connectivity index (χ1v) is 12.0. The summed E-state index contributed by atoms with van der Waals surface area (Å²) in [5, 5.41) is 16.0. The minimum atomic E-state index is -4.59. The zero-order valence-corrected chi connectivity index (χ0v) is 19.0. The van der Waals surface area contributed by atoms with Crippen LogP contribution in [0.1, 0.15) is 82.0 Å². The molecule has 1 unspecified atom stereocenters. The molecule has 178 valence electrons. The summed E-state index contributed by atoms with van der Waals surface area (Å²) < 4.78 is 39.9. The molecule has 32 heavy (non-hydrogen) atoms. The Labute approximate surface area is 187 Å². The van der Waals surface area contributed by atoms with Gasteiger partial charge in [-0.3, -0.25) is 4.79 Å². The maximum atomic E-state index is 13.8. The molecule has 0 spiro atoms. The Bertz CT molecular complexity index is 852. The summed E-state index contributed by atoms with van der Waals surface area (Å²) in [5.41, 5.74) is -0.817. The van der Waals surface area contributed by atoms with Gasteiger partial charge in [0.1, 0.15) is 5.56 Å². The Morgan fingerprint density at radius 3 is 2.59 bits per heavy atom. The lowest BCUT2D eigenvalue weighted by Crippen LogP contribution is -2.50. The molecule has 1 amide bonds. The molecule has 2 aliphatic carbocycles. The standard InChI is InChI=1S/C24H34F3N3O2/c1-16(2)23(10-8-20(13-23)28-19-6-4-3-5-7-19)22(31)29-11-9-21-17(14-29)12-18(15-30(21)32)24(25,26)27/h12,15-16,19-20,28H,3-11,13-14H2,1-2H3/t20?,23-/m0/s1. The molecular weight excluding hydrogens is 419 g/mol. The van der Waals surface area contributed by atoms with Crippen LogP contribution in [-0.4, -0.2) is 29.4 Å². The Kier molecular flexibility index (Phi) is 6.45. The van der Waals surface area contributed by atoms with E-state index in [-0.39, 0.29) is 24.8 Å². The van der Waals surface area contributed by atoms with Crippen molar-refractivity contribution in [3.05, 3.63) is 34.3 Å². The molecule has 0 bridgehead atoms. The molecule has 1 aliphatic heterocycles. The first-order chi connectivity index (χ1) is 15.1. The van der Waals surface area contributed by atoms with Crippen LogP contribution in [-0.2, 0) is 23.9 Å². The third-order valence-electron chi connectivity index (χ3n) is 7.97. The summed E-state index contributed by atoms with van der Waals surface area (Å²) in [4.78, 5) is 15.5. The molecule has 8 heteroatoms. The Balaban J connectivity index is 1.51. The smallest absolute Gasteiger partial charge is 0.422 e. The highest BCUT2D eigenvalue weighted by atomic mass is 19.4. The molecule has 2 atom stereocenters. The third-order valence-corrected chi connectivity index (χ3v) is 7.97. The molecule has 2 fully saturated rings. The van der Waals surface area contributed by atoms with E-state index < -0.39 is 17.2 Å². The number of alkyl halides is 3. The second-order valence-corrected chi connectivity index (χ2v) is 10.3. The SMILES string of the molecule is CC(C)[C@]1(C(=O)N2CCc3c(cc(C(F)(F)F)c[n+]3[O-])C2)CCC(NC2CCCCC2)C1. The average molecular weight is 454 g/mol. The number of nitrogens with zero attached hydrogens (tertiary/aromatic N) is 2. The number of nitrogens with one attached hydrogen (secondary N) is 1. The number of rotatable bonds is 4. The lowest BCUT2D eigenvalue weighted by Gasteiger charge is -2.39. The lowest BCUT2D eigenvalue weighted by atomic mass is 9.74. The second-order valence-electron chi connectivity index (χ2n) is 10.3. The number of fused-ring (bicyclic) bond motifs is 1. The number of carbonyl (C=O) groups is 1. The van der Waals surface area contributed by atoms with Crippen molar-refractivity contribution in [1.82, 2.24) is 10.2 Å². The van der Waals surface area contributed by atoms with Gasteiger partial charge in [-0.15, -0.1) is 0 Å². The molecule has 3 aliphatic rings. The number of carbonyl (C=O) groups excluding carboxylic acids is 1. The van der Waals surface area contributed by atoms with Crippen molar-refractivity contribution in [1.29, 1.82) is 0 Å². The zero-order valence-electron chi connectivity index (χ0n) is 19.0. The fourth-order valence-electron chi connectivity index (χ4n) is 6.02. The Morgan fingerprint density at radius 2 is 1.94 bits per heavy atom. The van der Waals surface area contributed by atoms with Crippen molar-refractivity contribution in [2.75, 3.05) is 6.54 Å². The highest BCUT2D eigenvalue weighted by Crippen LogP contribution is 2.47. The van der Waals surface area contributed by atoms with Crippen molar-refractivity contribution in [2.45, 2.75) is 96.4 Å². The predicted molar refractivity (Wildman–Crippen MR) is 114 cm³/mol. The van der Waals surface area contributed by atoms with Gasteiger partial charge in [-0.1, -0.05) is 33.1 Å². The van der Waals surface area contributed by atoms with Gasteiger partial charge < -0.3 is 15.4 Å². The Hall–Kier alpha value is -1.83. The normalized spacial score (nSPS) is 27.1. The molecule has 1 aromatic heterocycles. The maximum absolute atomic E-state index is 13.8. The van der Waals surface area contributed by atoms with Crippen molar-refractivity contribution < 1.29 is 22.7 Å². The van der Waals surface area contributed by atoms with E-state index in [2.05, 4.69) is 19.2 Å². The number of hydrogen-bond donors (Lipinski definition) is 1. The van der Waals surface area contributed by atoms with Crippen LogP contribution >= 0.6 is 0 Å². The minimum absolute atomic E-state index is 0.0287. The van der Waals surface area contributed by atoms with Crippen molar-refractivity contribution in [3.8, 4) is 0 Å². The van der Waals surface area contributed by atoms with E-state index in [1.165, 1.54) is 32.1 Å². The predicted octanol–water partition coefficient (Wildman–Crippen LogP) is 4.34. The summed E-state index contributed by atoms with van der Waals surface area (Å²) in [6.45, 7) is 4.59. The van der Waals surface area contributed by atoms with Gasteiger partial charge in [0.05, 0.1) is 18.4 Å². The van der Waals surface area contributed by atoms with Gasteiger partial charge >= 0.3 is 6.18 Å². The molecule has 1 N–H and O–H groups in total. The molecule has 5 nitrogen and oxygen atoms in total. The second kappa shape index (κ2) is 8.84. The summed E-state index contributed by atoms with van der Waals surface area (Å²) in [7, 11) is 0. The number of hydrogen-bond acceptors (Lipinski definition) is 3. The fourth-order valence-corrected chi connectivity index (χ4v) is 6.02. The van der Waals surface area contributed by atoms with Crippen molar-refractivity contribution in [3.63, 3.8) is 0 Å². The maximum Gasteiger partial charge on any atom is 0.422 e. The van der Waals surface area contributed by atoms with Gasteiger partial charge in [-0.2, -0.15) is 17.9 Å². The number of aromatic nitrogens is 1. The van der Waals surface area contributed by atoms with Crippen LogP contribution in [0, 0.1) is 16.5 Å². The molecular formula is C24H34F3N3O2. The van der Waals surface area contributed by atoms with Crippen LogP contribution in [0.3, 0.4) is 0 Å². The van der Waals surface area contributed by atoms with E-state index in [0.717, 1.165) is 25.3 Å². The number of halogens is 3. The quantitative estimate of drug-likeness (QED) is 0.545. The minimum Gasteiger partial charge on any atom is -0.618 e. The van der Waals surface area contributed by atoms with Gasteiger partial charge in [-0.25, -0.2) is 0 Å². The zero-order chi connectivity index (χ0) is 23.1. The van der Waals surface area contributed by atoms with E-state index in [9.17, 15) is 23.2 Å². The fraction of sp³-hybridized carbons (Fsp3) is 0.750. The molecule has 4 rings (SSSR count). The van der Waals surface area contributed by atoms with Gasteiger partial charge in [0.15, 0.2) is 11.9 Å². The van der Waals surface area contributed by atoms with Crippen LogP contribution in [0.25, 0.3) is 0 Å². The first-order valence-electron chi connectivity index (χ1n) is 12.0. The molecule has 1 aromatic rings. The van der Waals surface area contributed by atoms with E-state index in [1.54, 1.807) is 4.90 Å². The molecule has 2 saturated carbocycles. The summed E-state index contributed by atoms with van der Waals surface area (Å²) >= 11 is 0. The van der Waals surface area contributed by atoms with E-state index >= 15 is 0 Å². The lowest BCUT2D eigenvalue weighted by molar-refractivity contribution is -0.616. The highest BCUT2D eigenvalue weighted by molar-refractivity contribution is 5.83. The van der Waals surface area contributed by atoms with Crippen LogP contribution < -0.4 is 10.0 Å². The summed E-state index contributed by atoms with van der Waals surface area (Å²) in [6, 6.07) is 1.87. The van der Waals surface area contributed by atoms with Crippen LogP contribution in [0.2, 0.25) is 0 Å². The highest BCUT2D eigenvalue weighted by Gasteiger charge is 2.50. The van der Waals surface area contributed by atoms with Gasteiger partial charge in [-0.05, 0) is 44.1 Å². The van der Waals surface area contributed by atoms with Crippen LogP contribution in [0.4, 0.5) is 13.2 Å². The third kappa shape index (κ3) is 4.47. The van der Waals surface area contributed by atoms with E-state index in [4.69, 9.17) is 0 Å². The average Bonchev–Trinajstić information content (AvgIpc) is 3.18. The largest absolute Gasteiger partial charge is 0.618 e. The summed E-state index contributed by atoms with van der Waals surface area (Å²) in [5.74, 6) is 0.168. The molecule has 0 saturated heterocycles. The van der Waals surface area contributed by atoms with Gasteiger partial charge in [0.2, 0.25) is 5.91 Å². The van der Waals surface area contributed by atoms with Crippen LogP contribution in [0.15, 0.2) is 12.3 Å². The van der Waals surface area contributed by atoms with Gasteiger partial charge in [0.25, 0.3) is 0 Å². The molecule has 0 radical (unpaired) electrons. The number of amides is 1. The first kappa shape index (κ1) is 23.3. The number of pyridine rings is 1. The van der Waals surface area contributed by atoms with Gasteiger partial charge in [0, 0.05) is 24.2 Å². The topological polar surface area (TPSA) is 59.3 Å². The van der Waals surface area contributed by atoms with Crippen LogP contribution in [0.5, 0.6) is 0 Å². The van der Waals surface area contributed by atoms with Crippen molar-refractivity contribution >= 4 is 5.91 Å². The summed E-state index contributed by atoms with van der Waals surface area (Å²) in [6.07, 6.45) is 5.00. The van der Waals surface area contributed by atoms with E-state index in [0.29, 0.717) is 40.8 Å².